The van der Waals surface area contributed by atoms with Gasteiger partial charge >= 0.3 is 0 Å². The van der Waals surface area contributed by atoms with Crippen molar-refractivity contribution < 1.29 is 4.79 Å². The van der Waals surface area contributed by atoms with Crippen molar-refractivity contribution in [1.29, 1.82) is 0 Å². The summed E-state index contributed by atoms with van der Waals surface area (Å²) in [5.41, 5.74) is 1.61. The first kappa shape index (κ1) is 16.2. The predicted molar refractivity (Wildman–Crippen MR) is 104 cm³/mol. The number of carbonyl (C=O) groups is 1. The molecule has 128 valence electrons. The zero-order chi connectivity index (χ0) is 17.1. The highest BCUT2D eigenvalue weighted by atomic mass is 32.2. The molecule has 4 nitrogen and oxygen atoms in total. The summed E-state index contributed by atoms with van der Waals surface area (Å²) in [6, 6.07) is 13.9. The van der Waals surface area contributed by atoms with Crippen LogP contribution in [0.1, 0.15) is 25.7 Å². The van der Waals surface area contributed by atoms with Gasteiger partial charge in [0.15, 0.2) is 0 Å². The van der Waals surface area contributed by atoms with E-state index in [0.717, 1.165) is 22.4 Å². The molecule has 1 aliphatic rings. The lowest BCUT2D eigenvalue weighted by molar-refractivity contribution is -0.113. The summed E-state index contributed by atoms with van der Waals surface area (Å²) in [5.74, 6) is 1.41. The maximum absolute atomic E-state index is 12.4. The minimum atomic E-state index is 0.0533. The number of amides is 1. The Labute approximate surface area is 151 Å². The average Bonchev–Trinajstić information content (AvgIpc) is 3.34. The molecule has 1 fully saturated rings. The van der Waals surface area contributed by atoms with Gasteiger partial charge in [-0.25, -0.2) is 4.98 Å². The molecular weight excluding hydrogens is 330 g/mol. The van der Waals surface area contributed by atoms with Gasteiger partial charge < -0.3 is 9.88 Å². The lowest BCUT2D eigenvalue weighted by Crippen LogP contribution is -2.16. The zero-order valence-corrected chi connectivity index (χ0v) is 14.8. The van der Waals surface area contributed by atoms with Crippen molar-refractivity contribution in [1.82, 2.24) is 9.55 Å². The van der Waals surface area contributed by atoms with E-state index in [1.807, 2.05) is 59.4 Å². The first-order chi connectivity index (χ1) is 12.3. The number of fused-ring (bicyclic) bond motifs is 1. The largest absolute Gasteiger partial charge is 0.323 e. The van der Waals surface area contributed by atoms with E-state index in [9.17, 15) is 4.79 Å². The Balaban J connectivity index is 1.53. The Bertz CT molecular complexity index is 870. The maximum atomic E-state index is 12.4. The Kier molecular flexibility index (Phi) is 4.74. The molecule has 5 heteroatoms. The molecule has 0 spiro atoms. The van der Waals surface area contributed by atoms with E-state index in [2.05, 4.69) is 5.32 Å². The van der Waals surface area contributed by atoms with Gasteiger partial charge in [0.2, 0.25) is 5.91 Å². The molecular formula is C20H21N3OS. The fraction of sp³-hybridized carbons (Fsp3) is 0.300. The van der Waals surface area contributed by atoms with Gasteiger partial charge in [-0.05, 0) is 43.2 Å². The number of carbonyl (C=O) groups excluding carboxylic acids is 1. The second-order valence-electron chi connectivity index (χ2n) is 6.40. The van der Waals surface area contributed by atoms with Crippen molar-refractivity contribution >= 4 is 34.3 Å². The topological polar surface area (TPSA) is 46.9 Å². The van der Waals surface area contributed by atoms with Crippen molar-refractivity contribution in [3.63, 3.8) is 0 Å². The molecule has 1 N–H and O–H groups in total. The molecule has 4 rings (SSSR count). The minimum absolute atomic E-state index is 0.0533. The lowest BCUT2D eigenvalue weighted by Gasteiger charge is -2.11. The van der Waals surface area contributed by atoms with Crippen LogP contribution in [0.2, 0.25) is 0 Å². The third-order valence-corrected chi connectivity index (χ3v) is 5.97. The standard InChI is InChI=1S/C20H21N3OS/c24-19(14-25-16-7-1-2-8-16)21-17-9-5-6-15-10-11-18(22-20(15)17)23-12-3-4-13-23/h3-6,9-13,16H,1-2,7-8,14H2,(H,21,24). The summed E-state index contributed by atoms with van der Waals surface area (Å²) in [6.07, 6.45) is 9.02. The molecule has 0 bridgehead atoms. The van der Waals surface area contributed by atoms with Gasteiger partial charge in [0.05, 0.1) is 17.0 Å². The number of anilines is 1. The number of rotatable bonds is 5. The third-order valence-electron chi connectivity index (χ3n) is 4.60. The molecule has 0 unspecified atom stereocenters. The Hall–Kier alpha value is -2.27. The molecule has 2 heterocycles. The minimum Gasteiger partial charge on any atom is -0.323 e. The van der Waals surface area contributed by atoms with Gasteiger partial charge in [0, 0.05) is 23.0 Å². The Morgan fingerprint density at radius 1 is 1.12 bits per heavy atom. The zero-order valence-electron chi connectivity index (χ0n) is 14.0. The molecule has 0 saturated heterocycles. The summed E-state index contributed by atoms with van der Waals surface area (Å²) in [4.78, 5) is 17.1. The number of nitrogens with one attached hydrogen (secondary N) is 1. The van der Waals surface area contributed by atoms with Crippen LogP contribution in [0.4, 0.5) is 5.69 Å². The molecule has 1 amide bonds. The normalized spacial score (nSPS) is 14.9. The summed E-state index contributed by atoms with van der Waals surface area (Å²) in [7, 11) is 0. The van der Waals surface area contributed by atoms with Crippen LogP contribution >= 0.6 is 11.8 Å². The van der Waals surface area contributed by atoms with E-state index in [1.165, 1.54) is 25.7 Å². The average molecular weight is 351 g/mol. The second-order valence-corrected chi connectivity index (χ2v) is 7.69. The number of para-hydroxylation sites is 1. The smallest absolute Gasteiger partial charge is 0.234 e. The quantitative estimate of drug-likeness (QED) is 0.728. The van der Waals surface area contributed by atoms with Gasteiger partial charge in [0.25, 0.3) is 0 Å². The summed E-state index contributed by atoms with van der Waals surface area (Å²) < 4.78 is 1.97. The van der Waals surface area contributed by atoms with E-state index < -0.39 is 0 Å². The summed E-state index contributed by atoms with van der Waals surface area (Å²) in [5, 5.41) is 4.72. The number of aromatic nitrogens is 2. The molecule has 1 saturated carbocycles. The molecule has 3 aromatic rings. The van der Waals surface area contributed by atoms with Crippen molar-refractivity contribution in [3.05, 3.63) is 54.9 Å². The first-order valence-corrected chi connectivity index (χ1v) is 9.79. The Morgan fingerprint density at radius 2 is 1.92 bits per heavy atom. The van der Waals surface area contributed by atoms with E-state index >= 15 is 0 Å². The van der Waals surface area contributed by atoms with Crippen molar-refractivity contribution in [2.45, 2.75) is 30.9 Å². The fourth-order valence-corrected chi connectivity index (χ4v) is 4.43. The number of benzene rings is 1. The molecule has 0 radical (unpaired) electrons. The number of nitrogens with zero attached hydrogens (tertiary/aromatic N) is 2. The highest BCUT2D eigenvalue weighted by Crippen LogP contribution is 2.29. The number of hydrogen-bond acceptors (Lipinski definition) is 3. The van der Waals surface area contributed by atoms with Crippen molar-refractivity contribution in [2.24, 2.45) is 0 Å². The fourth-order valence-electron chi connectivity index (χ4n) is 3.30. The van der Waals surface area contributed by atoms with Crippen LogP contribution in [0.5, 0.6) is 0 Å². The number of thioether (sulfide) groups is 1. The van der Waals surface area contributed by atoms with Gasteiger partial charge in [0.1, 0.15) is 5.82 Å². The van der Waals surface area contributed by atoms with Crippen LogP contribution in [-0.2, 0) is 4.79 Å². The monoisotopic (exact) mass is 351 g/mol. The van der Waals surface area contributed by atoms with E-state index in [-0.39, 0.29) is 5.91 Å². The molecule has 25 heavy (non-hydrogen) atoms. The van der Waals surface area contributed by atoms with E-state index in [4.69, 9.17) is 4.98 Å². The van der Waals surface area contributed by atoms with Crippen LogP contribution in [0.3, 0.4) is 0 Å². The molecule has 1 aromatic carbocycles. The Morgan fingerprint density at radius 3 is 2.72 bits per heavy atom. The van der Waals surface area contributed by atoms with Gasteiger partial charge in [-0.15, -0.1) is 11.8 Å². The van der Waals surface area contributed by atoms with Gasteiger partial charge in [-0.1, -0.05) is 25.0 Å². The summed E-state index contributed by atoms with van der Waals surface area (Å²) in [6.45, 7) is 0. The van der Waals surface area contributed by atoms with Crippen LogP contribution in [0.15, 0.2) is 54.9 Å². The van der Waals surface area contributed by atoms with Crippen molar-refractivity contribution in [3.8, 4) is 5.82 Å². The predicted octanol–water partition coefficient (Wildman–Crippen LogP) is 4.64. The molecule has 1 aliphatic carbocycles. The molecule has 2 aromatic heterocycles. The first-order valence-electron chi connectivity index (χ1n) is 8.74. The molecule has 0 aliphatic heterocycles. The van der Waals surface area contributed by atoms with E-state index in [1.54, 1.807) is 11.8 Å². The van der Waals surface area contributed by atoms with Crippen molar-refractivity contribution in [2.75, 3.05) is 11.1 Å². The highest BCUT2D eigenvalue weighted by Gasteiger charge is 2.17. The second kappa shape index (κ2) is 7.31. The lowest BCUT2D eigenvalue weighted by atomic mass is 10.2. The van der Waals surface area contributed by atoms with Crippen LogP contribution in [-0.4, -0.2) is 26.5 Å². The maximum Gasteiger partial charge on any atom is 0.234 e. The van der Waals surface area contributed by atoms with E-state index in [0.29, 0.717) is 11.0 Å². The van der Waals surface area contributed by atoms with Crippen LogP contribution in [0, 0.1) is 0 Å². The number of hydrogen-bond donors (Lipinski definition) is 1. The van der Waals surface area contributed by atoms with Gasteiger partial charge in [-0.3, -0.25) is 4.79 Å². The van der Waals surface area contributed by atoms with Crippen LogP contribution < -0.4 is 5.32 Å². The molecule has 0 atom stereocenters. The van der Waals surface area contributed by atoms with Gasteiger partial charge in [-0.2, -0.15) is 0 Å². The summed E-state index contributed by atoms with van der Waals surface area (Å²) >= 11 is 1.78. The SMILES string of the molecule is O=C(CSC1CCCC1)Nc1cccc2ccc(-n3cccc3)nc12. The highest BCUT2D eigenvalue weighted by molar-refractivity contribution is 8.00. The number of pyridine rings is 1. The van der Waals surface area contributed by atoms with Crippen LogP contribution in [0.25, 0.3) is 16.7 Å². The third kappa shape index (κ3) is 3.71.